The van der Waals surface area contributed by atoms with Gasteiger partial charge in [-0.1, -0.05) is 18.9 Å². The van der Waals surface area contributed by atoms with Crippen molar-refractivity contribution in [3.8, 4) is 6.07 Å². The van der Waals surface area contributed by atoms with E-state index >= 15 is 0 Å². The molecule has 2 amide bonds. The highest BCUT2D eigenvalue weighted by Gasteiger charge is 2.17. The zero-order valence-electron chi connectivity index (χ0n) is 14.6. The molecule has 1 saturated heterocycles. The van der Waals surface area contributed by atoms with Gasteiger partial charge in [0.15, 0.2) is 0 Å². The first-order valence-corrected chi connectivity index (χ1v) is 8.88. The number of benzene rings is 2. The van der Waals surface area contributed by atoms with E-state index in [1.165, 1.54) is 12.8 Å². The molecule has 1 heterocycles. The van der Waals surface area contributed by atoms with Crippen molar-refractivity contribution in [2.75, 3.05) is 18.4 Å². The van der Waals surface area contributed by atoms with Crippen LogP contribution in [0, 0.1) is 11.3 Å². The maximum Gasteiger partial charge on any atom is 0.255 e. The van der Waals surface area contributed by atoms with Crippen LogP contribution in [0.15, 0.2) is 48.5 Å². The van der Waals surface area contributed by atoms with E-state index < -0.39 is 0 Å². The fraction of sp³-hybridized carbons (Fsp3) is 0.286. The van der Waals surface area contributed by atoms with E-state index in [0.717, 1.165) is 25.9 Å². The molecule has 2 aromatic carbocycles. The number of hydrogen-bond donors (Lipinski definition) is 1. The number of nitrogens with zero attached hydrogens (tertiary/aromatic N) is 2. The average molecular weight is 347 g/mol. The largest absolute Gasteiger partial charge is 0.339 e. The Kier molecular flexibility index (Phi) is 5.65. The second kappa shape index (κ2) is 8.30. The summed E-state index contributed by atoms with van der Waals surface area (Å²) >= 11 is 0. The van der Waals surface area contributed by atoms with Gasteiger partial charge in [0.25, 0.3) is 11.8 Å². The summed E-state index contributed by atoms with van der Waals surface area (Å²) in [5, 5.41) is 11.7. The van der Waals surface area contributed by atoms with Crippen LogP contribution in [0.3, 0.4) is 0 Å². The van der Waals surface area contributed by atoms with Crippen LogP contribution in [0.25, 0.3) is 0 Å². The number of carbonyl (C=O) groups is 2. The van der Waals surface area contributed by atoms with Gasteiger partial charge in [-0.15, -0.1) is 0 Å². The third-order valence-electron chi connectivity index (χ3n) is 4.54. The van der Waals surface area contributed by atoms with Gasteiger partial charge in [0.2, 0.25) is 0 Å². The van der Waals surface area contributed by atoms with Crippen molar-refractivity contribution in [1.82, 2.24) is 4.90 Å². The molecule has 1 aliphatic heterocycles. The molecule has 2 aromatic rings. The van der Waals surface area contributed by atoms with Gasteiger partial charge in [0.05, 0.1) is 11.6 Å². The Morgan fingerprint density at radius 1 is 0.923 bits per heavy atom. The summed E-state index contributed by atoms with van der Waals surface area (Å²) in [6, 6.07) is 15.5. The second-order valence-corrected chi connectivity index (χ2v) is 6.43. The van der Waals surface area contributed by atoms with E-state index in [-0.39, 0.29) is 11.8 Å². The minimum atomic E-state index is -0.284. The topological polar surface area (TPSA) is 73.2 Å². The third kappa shape index (κ3) is 4.28. The summed E-state index contributed by atoms with van der Waals surface area (Å²) < 4.78 is 0. The molecule has 5 nitrogen and oxygen atoms in total. The summed E-state index contributed by atoms with van der Waals surface area (Å²) in [7, 11) is 0. The first kappa shape index (κ1) is 17.7. The number of likely N-dealkylation sites (tertiary alicyclic amines) is 1. The number of nitrogens with one attached hydrogen (secondary N) is 1. The monoisotopic (exact) mass is 347 g/mol. The van der Waals surface area contributed by atoms with Crippen LogP contribution in [-0.4, -0.2) is 29.8 Å². The number of anilines is 1. The molecule has 3 rings (SSSR count). The first-order valence-electron chi connectivity index (χ1n) is 8.88. The molecular formula is C21H21N3O2. The Hall–Kier alpha value is -3.13. The number of rotatable bonds is 3. The zero-order chi connectivity index (χ0) is 18.4. The van der Waals surface area contributed by atoms with Crippen LogP contribution in [-0.2, 0) is 0 Å². The molecule has 1 N–H and O–H groups in total. The van der Waals surface area contributed by atoms with Gasteiger partial charge in [-0.3, -0.25) is 9.59 Å². The van der Waals surface area contributed by atoms with Gasteiger partial charge < -0.3 is 10.2 Å². The highest BCUT2D eigenvalue weighted by atomic mass is 16.2. The van der Waals surface area contributed by atoms with Gasteiger partial charge >= 0.3 is 0 Å². The molecule has 0 saturated carbocycles. The molecular weight excluding hydrogens is 326 g/mol. The lowest BCUT2D eigenvalue weighted by Crippen LogP contribution is -2.31. The van der Waals surface area contributed by atoms with Crippen molar-refractivity contribution in [2.45, 2.75) is 25.7 Å². The number of carbonyl (C=O) groups excluding carboxylic acids is 2. The standard InChI is InChI=1S/C21H21N3O2/c22-15-16-6-5-7-18(14-16)20(25)23-19-10-8-17(9-11-19)21(26)24-12-3-1-2-4-13-24/h5-11,14H,1-4,12-13H2,(H,23,25). The highest BCUT2D eigenvalue weighted by molar-refractivity contribution is 6.04. The van der Waals surface area contributed by atoms with Crippen molar-refractivity contribution in [3.05, 3.63) is 65.2 Å². The predicted octanol–water partition coefficient (Wildman–Crippen LogP) is 3.83. The molecule has 1 aliphatic rings. The maximum atomic E-state index is 12.6. The number of hydrogen-bond acceptors (Lipinski definition) is 3. The Bertz CT molecular complexity index is 829. The quantitative estimate of drug-likeness (QED) is 0.917. The molecule has 0 unspecified atom stereocenters. The first-order chi connectivity index (χ1) is 12.7. The van der Waals surface area contributed by atoms with Crippen LogP contribution in [0.2, 0.25) is 0 Å². The molecule has 0 bridgehead atoms. The summed E-state index contributed by atoms with van der Waals surface area (Å²) in [5.74, 6) is -0.236. The van der Waals surface area contributed by atoms with Gasteiger partial charge in [-0.25, -0.2) is 0 Å². The smallest absolute Gasteiger partial charge is 0.255 e. The van der Waals surface area contributed by atoms with Crippen molar-refractivity contribution >= 4 is 17.5 Å². The molecule has 0 aliphatic carbocycles. The van der Waals surface area contributed by atoms with Crippen molar-refractivity contribution < 1.29 is 9.59 Å². The molecule has 0 radical (unpaired) electrons. The maximum absolute atomic E-state index is 12.6. The number of nitriles is 1. The van der Waals surface area contributed by atoms with Crippen molar-refractivity contribution in [2.24, 2.45) is 0 Å². The molecule has 1 fully saturated rings. The van der Waals surface area contributed by atoms with Crippen LogP contribution in [0.1, 0.15) is 52.0 Å². The third-order valence-corrected chi connectivity index (χ3v) is 4.54. The predicted molar refractivity (Wildman–Crippen MR) is 99.9 cm³/mol. The minimum absolute atomic E-state index is 0.0477. The van der Waals surface area contributed by atoms with Crippen LogP contribution in [0.5, 0.6) is 0 Å². The molecule has 0 atom stereocenters. The van der Waals surface area contributed by atoms with E-state index in [2.05, 4.69) is 5.32 Å². The number of amides is 2. The fourth-order valence-corrected chi connectivity index (χ4v) is 3.09. The van der Waals surface area contributed by atoms with Gasteiger partial charge in [-0.05, 0) is 55.3 Å². The lowest BCUT2D eigenvalue weighted by Gasteiger charge is -2.20. The SMILES string of the molecule is N#Cc1cccc(C(=O)Nc2ccc(C(=O)N3CCCCCC3)cc2)c1. The van der Waals surface area contributed by atoms with E-state index in [1.807, 2.05) is 11.0 Å². The Morgan fingerprint density at radius 2 is 1.62 bits per heavy atom. The minimum Gasteiger partial charge on any atom is -0.339 e. The summed E-state index contributed by atoms with van der Waals surface area (Å²) in [5.41, 5.74) is 2.12. The molecule has 5 heteroatoms. The van der Waals surface area contributed by atoms with E-state index in [4.69, 9.17) is 5.26 Å². The molecule has 0 aromatic heterocycles. The average Bonchev–Trinajstić information content (AvgIpc) is 2.97. The second-order valence-electron chi connectivity index (χ2n) is 6.43. The Morgan fingerprint density at radius 3 is 2.27 bits per heavy atom. The lowest BCUT2D eigenvalue weighted by molar-refractivity contribution is 0.0761. The van der Waals surface area contributed by atoms with Crippen LogP contribution in [0.4, 0.5) is 5.69 Å². The van der Waals surface area contributed by atoms with E-state index in [0.29, 0.717) is 22.4 Å². The van der Waals surface area contributed by atoms with Crippen molar-refractivity contribution in [3.63, 3.8) is 0 Å². The summed E-state index contributed by atoms with van der Waals surface area (Å²) in [6.45, 7) is 1.62. The Labute approximate surface area is 153 Å². The lowest BCUT2D eigenvalue weighted by atomic mass is 10.1. The van der Waals surface area contributed by atoms with Gasteiger partial charge in [0.1, 0.15) is 0 Å². The zero-order valence-corrected chi connectivity index (χ0v) is 14.6. The highest BCUT2D eigenvalue weighted by Crippen LogP contribution is 2.16. The Balaban J connectivity index is 1.66. The molecule has 26 heavy (non-hydrogen) atoms. The van der Waals surface area contributed by atoms with E-state index in [9.17, 15) is 9.59 Å². The summed E-state index contributed by atoms with van der Waals surface area (Å²) in [6.07, 6.45) is 4.48. The van der Waals surface area contributed by atoms with Crippen molar-refractivity contribution in [1.29, 1.82) is 5.26 Å². The normalized spacial score (nSPS) is 14.2. The van der Waals surface area contributed by atoms with Crippen LogP contribution >= 0.6 is 0 Å². The van der Waals surface area contributed by atoms with Gasteiger partial charge in [0, 0.05) is 29.9 Å². The fourth-order valence-electron chi connectivity index (χ4n) is 3.09. The van der Waals surface area contributed by atoms with E-state index in [1.54, 1.807) is 48.5 Å². The molecule has 0 spiro atoms. The van der Waals surface area contributed by atoms with Crippen LogP contribution < -0.4 is 5.32 Å². The van der Waals surface area contributed by atoms with Gasteiger partial charge in [-0.2, -0.15) is 5.26 Å². The summed E-state index contributed by atoms with van der Waals surface area (Å²) in [4.78, 5) is 26.8. The molecule has 132 valence electrons.